The zero-order valence-electron chi connectivity index (χ0n) is 15.2. The molecule has 0 aliphatic rings. The van der Waals surface area contributed by atoms with Crippen LogP contribution in [0.4, 0.5) is 65.9 Å². The minimum atomic E-state index is -8.42. The molecule has 19 heteroatoms. The van der Waals surface area contributed by atoms with E-state index in [0.29, 0.717) is 6.07 Å². The Hall–Kier alpha value is -1.78. The fourth-order valence-corrected chi connectivity index (χ4v) is 2.34. The summed E-state index contributed by atoms with van der Waals surface area (Å²) in [5.41, 5.74) is -0.957. The number of halogens is 17. The van der Waals surface area contributed by atoms with E-state index in [4.69, 9.17) is 23.2 Å². The molecule has 196 valence electrons. The van der Waals surface area contributed by atoms with Crippen molar-refractivity contribution in [2.24, 2.45) is 0 Å². The van der Waals surface area contributed by atoms with Crippen molar-refractivity contribution >= 4 is 29.2 Å². The topological polar surface area (TPSA) is 26.3 Å². The van der Waals surface area contributed by atoms with Crippen molar-refractivity contribution in [2.75, 3.05) is 6.61 Å². The van der Waals surface area contributed by atoms with Crippen molar-refractivity contribution in [1.29, 1.82) is 0 Å². The third kappa shape index (κ3) is 4.56. The van der Waals surface area contributed by atoms with Crippen LogP contribution in [0.2, 0.25) is 10.0 Å². The van der Waals surface area contributed by atoms with Crippen LogP contribution in [-0.2, 0) is 4.74 Å². The van der Waals surface area contributed by atoms with Gasteiger partial charge < -0.3 is 4.74 Å². The molecule has 0 amide bonds. The first-order valence-corrected chi connectivity index (χ1v) is 8.51. The number of esters is 1. The van der Waals surface area contributed by atoms with Gasteiger partial charge in [-0.15, -0.1) is 0 Å². The lowest BCUT2D eigenvalue weighted by atomic mass is 9.91. The van der Waals surface area contributed by atoms with Crippen molar-refractivity contribution in [1.82, 2.24) is 0 Å². The molecule has 0 saturated carbocycles. The van der Waals surface area contributed by atoms with Gasteiger partial charge in [-0.25, -0.2) is 4.79 Å². The van der Waals surface area contributed by atoms with Crippen LogP contribution in [0.25, 0.3) is 0 Å². The van der Waals surface area contributed by atoms with Crippen LogP contribution >= 0.6 is 23.2 Å². The number of hydrogen-bond acceptors (Lipinski definition) is 2. The normalized spacial score (nSPS) is 14.9. The molecule has 1 aromatic carbocycles. The molecule has 1 rings (SSSR count). The molecule has 1 aromatic rings. The van der Waals surface area contributed by atoms with Crippen molar-refractivity contribution in [3.63, 3.8) is 0 Å². The van der Waals surface area contributed by atoms with Gasteiger partial charge in [0.15, 0.2) is 6.61 Å². The standard InChI is InChI=1S/C15H5Cl2F15O2/c16-5-1-2-7(17)6(3-5)8(33)34-4-9(18,19)10(20,21)11(22,23)12(24,25)13(26,27)14(28,29)15(30,31)32/h1-3H,4H2. The van der Waals surface area contributed by atoms with Crippen LogP contribution in [0.15, 0.2) is 18.2 Å². The number of carbonyl (C=O) groups excluding carboxylic acids is 1. The summed E-state index contributed by atoms with van der Waals surface area (Å²) < 4.78 is 199. The molecule has 0 heterocycles. The molecule has 2 nitrogen and oxygen atoms in total. The quantitative estimate of drug-likeness (QED) is 0.238. The lowest BCUT2D eigenvalue weighted by Gasteiger charge is -2.41. The maximum Gasteiger partial charge on any atom is 0.460 e. The van der Waals surface area contributed by atoms with E-state index in [1.807, 2.05) is 0 Å². The van der Waals surface area contributed by atoms with Gasteiger partial charge in [0, 0.05) is 5.02 Å². The van der Waals surface area contributed by atoms with Crippen molar-refractivity contribution in [3.8, 4) is 0 Å². The Kier molecular flexibility index (Phi) is 7.75. The van der Waals surface area contributed by atoms with Crippen LogP contribution in [-0.4, -0.2) is 54.3 Å². The molecule has 0 unspecified atom stereocenters. The maximum absolute atomic E-state index is 13.6. The summed E-state index contributed by atoms with van der Waals surface area (Å²) in [5.74, 6) is -49.7. The van der Waals surface area contributed by atoms with Crippen molar-refractivity contribution in [2.45, 2.75) is 41.7 Å². The lowest BCUT2D eigenvalue weighted by molar-refractivity contribution is -0.453. The summed E-state index contributed by atoms with van der Waals surface area (Å²) in [7, 11) is 0. The van der Waals surface area contributed by atoms with Gasteiger partial charge >= 0.3 is 47.7 Å². The van der Waals surface area contributed by atoms with E-state index in [1.165, 1.54) is 0 Å². The number of carbonyl (C=O) groups is 1. The van der Waals surface area contributed by atoms with Gasteiger partial charge in [-0.1, -0.05) is 23.2 Å². The third-order valence-electron chi connectivity index (χ3n) is 3.93. The second-order valence-corrected chi connectivity index (χ2v) is 7.12. The summed E-state index contributed by atoms with van der Waals surface area (Å²) in [6.07, 6.45) is -7.69. The zero-order chi connectivity index (χ0) is 27.3. The molecular formula is C15H5Cl2F15O2. The summed E-state index contributed by atoms with van der Waals surface area (Å²) in [5, 5.41) is -0.984. The molecule has 34 heavy (non-hydrogen) atoms. The average molecular weight is 573 g/mol. The van der Waals surface area contributed by atoms with Crippen LogP contribution < -0.4 is 0 Å². The van der Waals surface area contributed by atoms with Crippen molar-refractivity contribution < 1.29 is 75.4 Å². The van der Waals surface area contributed by atoms with E-state index in [1.54, 1.807) is 0 Å². The highest BCUT2D eigenvalue weighted by atomic mass is 35.5. The van der Waals surface area contributed by atoms with Crippen LogP contribution in [0.1, 0.15) is 10.4 Å². The van der Waals surface area contributed by atoms with E-state index < -0.39 is 64.9 Å². The predicted molar refractivity (Wildman–Crippen MR) is 82.5 cm³/mol. The smallest absolute Gasteiger partial charge is 0.455 e. The third-order valence-corrected chi connectivity index (χ3v) is 4.49. The fraction of sp³-hybridized carbons (Fsp3) is 0.533. The molecule has 0 bridgehead atoms. The first kappa shape index (κ1) is 30.3. The van der Waals surface area contributed by atoms with Crippen LogP contribution in [0, 0.1) is 0 Å². The Morgan fingerprint density at radius 3 is 1.53 bits per heavy atom. The van der Waals surface area contributed by atoms with Gasteiger partial charge in [0.05, 0.1) is 10.6 Å². The molecule has 0 aliphatic heterocycles. The van der Waals surface area contributed by atoms with Gasteiger partial charge in [0.25, 0.3) is 0 Å². The minimum Gasteiger partial charge on any atom is -0.455 e. The van der Waals surface area contributed by atoms with Crippen LogP contribution in [0.5, 0.6) is 0 Å². The molecule has 0 aromatic heterocycles. The number of ether oxygens (including phenoxy) is 1. The molecular weight excluding hydrogens is 568 g/mol. The highest BCUT2D eigenvalue weighted by molar-refractivity contribution is 6.35. The van der Waals surface area contributed by atoms with Gasteiger partial charge in [-0.05, 0) is 18.2 Å². The SMILES string of the molecule is O=C(OCC(F)(F)C(F)(F)C(F)(F)C(F)(F)C(F)(F)C(F)(F)C(F)(F)F)c1cc(Cl)ccc1Cl. The van der Waals surface area contributed by atoms with E-state index in [9.17, 15) is 70.7 Å². The summed E-state index contributed by atoms with van der Waals surface area (Å²) in [6, 6.07) is 2.40. The number of hydrogen-bond donors (Lipinski definition) is 0. The predicted octanol–water partition coefficient (Wildman–Crippen LogP) is 7.52. The zero-order valence-corrected chi connectivity index (χ0v) is 16.7. The number of benzene rings is 1. The Bertz CT molecular complexity index is 927. The van der Waals surface area contributed by atoms with Crippen LogP contribution in [0.3, 0.4) is 0 Å². The highest BCUT2D eigenvalue weighted by Crippen LogP contribution is 2.62. The lowest BCUT2D eigenvalue weighted by Crippen LogP contribution is -2.73. The largest absolute Gasteiger partial charge is 0.460 e. The second kappa shape index (κ2) is 8.71. The molecule has 0 radical (unpaired) electrons. The summed E-state index contributed by atoms with van der Waals surface area (Å²) >= 11 is 10.8. The number of alkyl halides is 15. The first-order valence-electron chi connectivity index (χ1n) is 7.75. The van der Waals surface area contributed by atoms with E-state index in [0.717, 1.165) is 12.1 Å². The molecule has 0 fully saturated rings. The highest BCUT2D eigenvalue weighted by Gasteiger charge is 2.93. The molecule has 0 atom stereocenters. The average Bonchev–Trinajstić information content (AvgIpc) is 2.66. The van der Waals surface area contributed by atoms with E-state index in [2.05, 4.69) is 4.74 Å². The van der Waals surface area contributed by atoms with Gasteiger partial charge in [-0.3, -0.25) is 0 Å². The Morgan fingerprint density at radius 2 is 1.09 bits per heavy atom. The van der Waals surface area contributed by atoms with E-state index >= 15 is 0 Å². The molecule has 0 saturated heterocycles. The molecule has 0 spiro atoms. The first-order chi connectivity index (χ1) is 14.8. The fourth-order valence-electron chi connectivity index (χ4n) is 1.98. The number of rotatable bonds is 8. The maximum atomic E-state index is 13.6. The van der Waals surface area contributed by atoms with Gasteiger partial charge in [0.2, 0.25) is 0 Å². The Morgan fingerprint density at radius 1 is 0.676 bits per heavy atom. The molecule has 0 aliphatic carbocycles. The second-order valence-electron chi connectivity index (χ2n) is 6.27. The van der Waals surface area contributed by atoms with Crippen molar-refractivity contribution in [3.05, 3.63) is 33.8 Å². The van der Waals surface area contributed by atoms with Gasteiger partial charge in [0.1, 0.15) is 0 Å². The van der Waals surface area contributed by atoms with Gasteiger partial charge in [-0.2, -0.15) is 65.9 Å². The summed E-state index contributed by atoms with van der Waals surface area (Å²) in [6.45, 7) is -3.27. The molecule has 0 N–H and O–H groups in total. The monoisotopic (exact) mass is 572 g/mol. The van der Waals surface area contributed by atoms with E-state index in [-0.39, 0.29) is 5.02 Å². The Balaban J connectivity index is 3.35. The minimum absolute atomic E-state index is 0.340. The summed E-state index contributed by atoms with van der Waals surface area (Å²) in [4.78, 5) is 11.6. The Labute approximate surface area is 187 Å².